The van der Waals surface area contributed by atoms with Crippen molar-refractivity contribution in [2.24, 2.45) is 0 Å². The number of hydrogen-bond acceptors (Lipinski definition) is 2. The minimum Gasteiger partial charge on any atom is -0.489 e. The second-order valence-corrected chi connectivity index (χ2v) is 4.50. The number of ether oxygens (including phenoxy) is 1. The van der Waals surface area contributed by atoms with E-state index in [0.717, 1.165) is 11.1 Å². The maximum absolute atomic E-state index is 10.7. The lowest BCUT2D eigenvalue weighted by atomic mass is 10.1. The van der Waals surface area contributed by atoms with Crippen molar-refractivity contribution in [2.45, 2.75) is 20.0 Å². The Kier molecular flexibility index (Phi) is 4.18. The van der Waals surface area contributed by atoms with Crippen LogP contribution >= 0.6 is 0 Å². The van der Waals surface area contributed by atoms with Crippen LogP contribution in [0.25, 0.3) is 0 Å². The highest BCUT2D eigenvalue weighted by molar-refractivity contribution is 5.70. The summed E-state index contributed by atoms with van der Waals surface area (Å²) in [5.74, 6) is -0.143. The van der Waals surface area contributed by atoms with Gasteiger partial charge in [0.15, 0.2) is 0 Å². The molecule has 0 saturated carbocycles. The van der Waals surface area contributed by atoms with Gasteiger partial charge in [-0.05, 0) is 30.2 Å². The van der Waals surface area contributed by atoms with Crippen LogP contribution in [0.15, 0.2) is 48.5 Å². The molecular weight excluding hydrogens is 240 g/mol. The third-order valence-electron chi connectivity index (χ3n) is 2.74. The fourth-order valence-electron chi connectivity index (χ4n) is 1.89. The molecule has 98 valence electrons. The molecule has 2 aromatic carbocycles. The molecule has 0 spiro atoms. The van der Waals surface area contributed by atoms with Gasteiger partial charge in [-0.25, -0.2) is 0 Å². The lowest BCUT2D eigenvalue weighted by Gasteiger charge is -2.08. The van der Waals surface area contributed by atoms with Crippen molar-refractivity contribution in [3.8, 4) is 5.75 Å². The molecule has 0 bridgehead atoms. The largest absolute Gasteiger partial charge is 0.489 e. The smallest absolute Gasteiger partial charge is 0.307 e. The summed E-state index contributed by atoms with van der Waals surface area (Å²) in [5.41, 5.74) is 3.04. The molecule has 0 unspecified atom stereocenters. The minimum absolute atomic E-state index is 0.0155. The van der Waals surface area contributed by atoms with E-state index in [-0.39, 0.29) is 6.42 Å². The van der Waals surface area contributed by atoms with Gasteiger partial charge < -0.3 is 9.84 Å². The van der Waals surface area contributed by atoms with Gasteiger partial charge in [-0.3, -0.25) is 4.79 Å². The van der Waals surface area contributed by atoms with Gasteiger partial charge in [0.1, 0.15) is 12.4 Å². The lowest BCUT2D eigenvalue weighted by Crippen LogP contribution is -2.01. The van der Waals surface area contributed by atoms with Gasteiger partial charge in [0.05, 0.1) is 6.42 Å². The van der Waals surface area contributed by atoms with Crippen molar-refractivity contribution in [3.63, 3.8) is 0 Å². The molecule has 0 heterocycles. The van der Waals surface area contributed by atoms with E-state index in [1.165, 1.54) is 5.56 Å². The normalized spacial score (nSPS) is 10.2. The SMILES string of the molecule is Cc1cccc(COc2cccc(CC(=O)O)c2)c1. The van der Waals surface area contributed by atoms with Crippen molar-refractivity contribution >= 4 is 5.97 Å². The van der Waals surface area contributed by atoms with Gasteiger partial charge >= 0.3 is 5.97 Å². The molecule has 0 amide bonds. The molecule has 0 saturated heterocycles. The van der Waals surface area contributed by atoms with Crippen LogP contribution in [-0.4, -0.2) is 11.1 Å². The number of carbonyl (C=O) groups is 1. The highest BCUT2D eigenvalue weighted by Crippen LogP contribution is 2.16. The van der Waals surface area contributed by atoms with Gasteiger partial charge in [-0.2, -0.15) is 0 Å². The number of carboxylic acids is 1. The summed E-state index contributed by atoms with van der Waals surface area (Å²) in [7, 11) is 0. The van der Waals surface area contributed by atoms with Crippen molar-refractivity contribution in [1.29, 1.82) is 0 Å². The Morgan fingerprint density at radius 2 is 1.84 bits per heavy atom. The van der Waals surface area contributed by atoms with E-state index in [1.807, 2.05) is 37.3 Å². The molecule has 1 N–H and O–H groups in total. The summed E-state index contributed by atoms with van der Waals surface area (Å²) >= 11 is 0. The quantitative estimate of drug-likeness (QED) is 0.893. The average Bonchev–Trinajstić information content (AvgIpc) is 2.36. The molecule has 19 heavy (non-hydrogen) atoms. The fourth-order valence-corrected chi connectivity index (χ4v) is 1.89. The van der Waals surface area contributed by atoms with E-state index < -0.39 is 5.97 Å². The van der Waals surface area contributed by atoms with E-state index in [9.17, 15) is 4.79 Å². The summed E-state index contributed by atoms with van der Waals surface area (Å²) in [6.07, 6.45) is 0.0155. The minimum atomic E-state index is -0.837. The Hall–Kier alpha value is -2.29. The molecule has 0 fully saturated rings. The van der Waals surface area contributed by atoms with Crippen LogP contribution in [0.1, 0.15) is 16.7 Å². The summed E-state index contributed by atoms with van der Waals surface area (Å²) in [6, 6.07) is 15.3. The zero-order chi connectivity index (χ0) is 13.7. The Bertz CT molecular complexity index is 576. The van der Waals surface area contributed by atoms with E-state index in [4.69, 9.17) is 9.84 Å². The monoisotopic (exact) mass is 256 g/mol. The van der Waals surface area contributed by atoms with Crippen LogP contribution in [0.3, 0.4) is 0 Å². The van der Waals surface area contributed by atoms with Crippen LogP contribution < -0.4 is 4.74 Å². The Morgan fingerprint density at radius 3 is 2.58 bits per heavy atom. The first-order chi connectivity index (χ1) is 9.13. The third kappa shape index (κ3) is 4.14. The molecule has 0 aliphatic carbocycles. The predicted octanol–water partition coefficient (Wildman–Crippen LogP) is 3.20. The van der Waals surface area contributed by atoms with Gasteiger partial charge in [0, 0.05) is 0 Å². The summed E-state index contributed by atoms with van der Waals surface area (Å²) in [4.78, 5) is 10.7. The molecule has 0 aliphatic heterocycles. The first-order valence-electron chi connectivity index (χ1n) is 6.12. The standard InChI is InChI=1S/C16H16O3/c1-12-4-2-6-14(8-12)11-19-15-7-3-5-13(9-15)10-16(17)18/h2-9H,10-11H2,1H3,(H,17,18). The fraction of sp³-hybridized carbons (Fsp3) is 0.188. The molecule has 3 heteroatoms. The van der Waals surface area contributed by atoms with Crippen molar-refractivity contribution in [3.05, 3.63) is 65.2 Å². The van der Waals surface area contributed by atoms with Gasteiger partial charge in [-0.1, -0.05) is 42.0 Å². The highest BCUT2D eigenvalue weighted by atomic mass is 16.5. The average molecular weight is 256 g/mol. The Morgan fingerprint density at radius 1 is 1.11 bits per heavy atom. The molecule has 2 aromatic rings. The van der Waals surface area contributed by atoms with Crippen molar-refractivity contribution < 1.29 is 14.6 Å². The van der Waals surface area contributed by atoms with E-state index in [2.05, 4.69) is 6.07 Å². The maximum atomic E-state index is 10.7. The molecule has 3 nitrogen and oxygen atoms in total. The highest BCUT2D eigenvalue weighted by Gasteiger charge is 2.02. The van der Waals surface area contributed by atoms with Crippen molar-refractivity contribution in [1.82, 2.24) is 0 Å². The number of rotatable bonds is 5. The van der Waals surface area contributed by atoms with Crippen LogP contribution in [-0.2, 0) is 17.8 Å². The molecule has 0 aromatic heterocycles. The van der Waals surface area contributed by atoms with E-state index in [1.54, 1.807) is 12.1 Å². The number of carboxylic acid groups (broad SMARTS) is 1. The third-order valence-corrected chi connectivity index (χ3v) is 2.74. The van der Waals surface area contributed by atoms with Gasteiger partial charge in [0.25, 0.3) is 0 Å². The summed E-state index contributed by atoms with van der Waals surface area (Å²) in [6.45, 7) is 2.52. The second-order valence-electron chi connectivity index (χ2n) is 4.50. The number of aliphatic carboxylic acids is 1. The molecule has 0 aliphatic rings. The van der Waals surface area contributed by atoms with E-state index in [0.29, 0.717) is 12.4 Å². The molecular formula is C16H16O3. The number of hydrogen-bond donors (Lipinski definition) is 1. The zero-order valence-corrected chi connectivity index (χ0v) is 10.8. The maximum Gasteiger partial charge on any atom is 0.307 e. The number of aryl methyl sites for hydroxylation is 1. The first kappa shape index (κ1) is 13.1. The Labute approximate surface area is 112 Å². The zero-order valence-electron chi connectivity index (χ0n) is 10.8. The van der Waals surface area contributed by atoms with E-state index >= 15 is 0 Å². The molecule has 2 rings (SSSR count). The van der Waals surface area contributed by atoms with Crippen LogP contribution in [0.4, 0.5) is 0 Å². The van der Waals surface area contributed by atoms with Gasteiger partial charge in [-0.15, -0.1) is 0 Å². The second kappa shape index (κ2) is 6.05. The molecule has 0 atom stereocenters. The van der Waals surface area contributed by atoms with Gasteiger partial charge in [0.2, 0.25) is 0 Å². The predicted molar refractivity (Wildman–Crippen MR) is 73.3 cm³/mol. The first-order valence-corrected chi connectivity index (χ1v) is 6.12. The Balaban J connectivity index is 2.01. The topological polar surface area (TPSA) is 46.5 Å². The summed E-state index contributed by atoms with van der Waals surface area (Å²) < 4.78 is 5.68. The van der Waals surface area contributed by atoms with Crippen LogP contribution in [0, 0.1) is 6.92 Å². The van der Waals surface area contributed by atoms with Crippen LogP contribution in [0.5, 0.6) is 5.75 Å². The lowest BCUT2D eigenvalue weighted by molar-refractivity contribution is -0.136. The van der Waals surface area contributed by atoms with Crippen LogP contribution in [0.2, 0.25) is 0 Å². The molecule has 0 radical (unpaired) electrons. The number of benzene rings is 2. The summed E-state index contributed by atoms with van der Waals surface area (Å²) in [5, 5.41) is 8.76. The van der Waals surface area contributed by atoms with Crippen molar-refractivity contribution in [2.75, 3.05) is 0 Å².